The first-order valence-corrected chi connectivity index (χ1v) is 23.2. The van der Waals surface area contributed by atoms with Crippen LogP contribution in [0.2, 0.25) is 58.9 Å². The topological polar surface area (TPSA) is 101 Å². The van der Waals surface area contributed by atoms with E-state index < -0.39 is 65.8 Å². The Hall–Kier alpha value is -0.419. The highest BCUT2D eigenvalue weighted by molar-refractivity contribution is 7.86. The van der Waals surface area contributed by atoms with E-state index in [0.717, 1.165) is 5.56 Å². The van der Waals surface area contributed by atoms with Gasteiger partial charge in [0.25, 0.3) is 10.1 Å². The molecule has 0 aromatic heterocycles. The summed E-state index contributed by atoms with van der Waals surface area (Å²) < 4.78 is 56.2. The smallest absolute Gasteiger partial charge is 0.297 e. The second-order valence-corrected chi connectivity index (χ2v) is 26.7. The molecule has 196 valence electrons. The van der Waals surface area contributed by atoms with E-state index in [1.165, 1.54) is 12.1 Å². The molecule has 1 heterocycles. The van der Waals surface area contributed by atoms with E-state index in [1.807, 2.05) is 46.2 Å². The lowest BCUT2D eigenvalue weighted by molar-refractivity contribution is -0.274. The SMILES string of the molecule is Cc1ccc(S(=O)(=O)OCC2OC(O)C(O[Si](C)(C)C)C(O[Si](C)(C)C)C2O[Si](C)(C)C)cc1. The number of rotatable bonds is 10. The number of aryl methyl sites for hydroxylation is 1. The summed E-state index contributed by atoms with van der Waals surface area (Å²) in [5, 5.41) is 10.9. The highest BCUT2D eigenvalue weighted by Gasteiger charge is 2.51. The third-order valence-corrected chi connectivity index (χ3v) is 9.01. The molecule has 1 fully saturated rings. The van der Waals surface area contributed by atoms with Crippen LogP contribution >= 0.6 is 0 Å². The van der Waals surface area contributed by atoms with Gasteiger partial charge >= 0.3 is 0 Å². The van der Waals surface area contributed by atoms with Gasteiger partial charge in [0.2, 0.25) is 0 Å². The molecular formula is C22H42O8SSi3. The summed E-state index contributed by atoms with van der Waals surface area (Å²) in [5.41, 5.74) is 0.945. The molecular weight excluding hydrogens is 509 g/mol. The molecule has 0 radical (unpaired) electrons. The van der Waals surface area contributed by atoms with E-state index in [4.69, 9.17) is 22.2 Å². The molecule has 12 heteroatoms. The van der Waals surface area contributed by atoms with Crippen LogP contribution < -0.4 is 0 Å². The zero-order valence-corrected chi connectivity index (χ0v) is 25.9. The fourth-order valence-electron chi connectivity index (χ4n) is 3.59. The van der Waals surface area contributed by atoms with Gasteiger partial charge in [0.05, 0.1) is 11.5 Å². The highest BCUT2D eigenvalue weighted by Crippen LogP contribution is 2.33. The number of ether oxygens (including phenoxy) is 1. The lowest BCUT2D eigenvalue weighted by atomic mass is 9.99. The molecule has 8 nitrogen and oxygen atoms in total. The maximum Gasteiger partial charge on any atom is 0.297 e. The lowest BCUT2D eigenvalue weighted by Gasteiger charge is -2.49. The van der Waals surface area contributed by atoms with Crippen molar-refractivity contribution < 1.29 is 35.7 Å². The van der Waals surface area contributed by atoms with Crippen LogP contribution in [0.15, 0.2) is 29.2 Å². The minimum atomic E-state index is -4.02. The maximum absolute atomic E-state index is 12.8. The number of hydrogen-bond acceptors (Lipinski definition) is 8. The Kier molecular flexibility index (Phi) is 9.56. The van der Waals surface area contributed by atoms with Crippen molar-refractivity contribution in [2.24, 2.45) is 0 Å². The Balaban J connectivity index is 2.38. The van der Waals surface area contributed by atoms with Gasteiger partial charge in [0.1, 0.15) is 24.4 Å². The predicted molar refractivity (Wildman–Crippen MR) is 140 cm³/mol. The summed E-state index contributed by atoms with van der Waals surface area (Å²) in [6.45, 7) is 19.9. The van der Waals surface area contributed by atoms with E-state index in [0.29, 0.717) is 0 Å². The fraction of sp³-hybridized carbons (Fsp3) is 0.727. The molecule has 0 bridgehead atoms. The second kappa shape index (κ2) is 10.9. The Bertz CT molecular complexity index is 904. The number of hydrogen-bond donors (Lipinski definition) is 1. The van der Waals surface area contributed by atoms with E-state index in [2.05, 4.69) is 19.6 Å². The monoisotopic (exact) mass is 550 g/mol. The van der Waals surface area contributed by atoms with Crippen LogP contribution in [0, 0.1) is 6.92 Å². The maximum atomic E-state index is 12.8. The van der Waals surface area contributed by atoms with Gasteiger partial charge in [-0.1, -0.05) is 17.7 Å². The van der Waals surface area contributed by atoms with Crippen LogP contribution in [0.1, 0.15) is 5.56 Å². The molecule has 1 aliphatic heterocycles. The first-order valence-electron chi connectivity index (χ1n) is 11.6. The Labute approximate surface area is 208 Å². The Morgan fingerprint density at radius 1 is 0.794 bits per heavy atom. The first kappa shape index (κ1) is 29.8. The van der Waals surface area contributed by atoms with Crippen LogP contribution in [0.4, 0.5) is 0 Å². The molecule has 0 spiro atoms. The normalized spacial score (nSPS) is 27.1. The minimum Gasteiger partial charge on any atom is -0.409 e. The summed E-state index contributed by atoms with van der Waals surface area (Å²) in [6.07, 6.45) is -4.18. The van der Waals surface area contributed by atoms with Gasteiger partial charge < -0.3 is 23.1 Å². The van der Waals surface area contributed by atoms with E-state index in [1.54, 1.807) is 12.1 Å². The van der Waals surface area contributed by atoms with Gasteiger partial charge in [0.15, 0.2) is 31.2 Å². The summed E-state index contributed by atoms with van der Waals surface area (Å²) >= 11 is 0. The molecule has 5 atom stereocenters. The van der Waals surface area contributed by atoms with Crippen LogP contribution in [-0.2, 0) is 32.3 Å². The average molecular weight is 551 g/mol. The zero-order chi connectivity index (χ0) is 26.1. The summed E-state index contributed by atoms with van der Waals surface area (Å²) in [5.74, 6) is 0. The molecule has 1 aromatic rings. The van der Waals surface area contributed by atoms with E-state index in [-0.39, 0.29) is 11.5 Å². The molecule has 1 aliphatic rings. The highest BCUT2D eigenvalue weighted by atomic mass is 32.2. The van der Waals surface area contributed by atoms with Gasteiger partial charge in [-0.05, 0) is 78.0 Å². The van der Waals surface area contributed by atoms with Gasteiger partial charge in [-0.15, -0.1) is 0 Å². The van der Waals surface area contributed by atoms with Gasteiger partial charge in [-0.25, -0.2) is 0 Å². The summed E-state index contributed by atoms with van der Waals surface area (Å²) in [6, 6.07) is 6.44. The Morgan fingerprint density at radius 3 is 1.71 bits per heavy atom. The van der Waals surface area contributed by atoms with Gasteiger partial charge in [0, 0.05) is 0 Å². The number of aliphatic hydroxyl groups is 1. The van der Waals surface area contributed by atoms with Crippen molar-refractivity contribution in [2.45, 2.75) is 101 Å². The lowest BCUT2D eigenvalue weighted by Crippen LogP contribution is -2.65. The zero-order valence-electron chi connectivity index (χ0n) is 22.1. The Morgan fingerprint density at radius 2 is 1.24 bits per heavy atom. The standard InChI is InChI=1S/C22H42O8SSi3/c1-16-11-13-17(14-12-16)31(24,25)26-15-18-19(28-32(2,3)4)20(29-33(5,6)7)21(22(23)27-18)30-34(8,9)10/h11-14,18-23H,15H2,1-10H3. The molecule has 1 aromatic carbocycles. The molecule has 1 N–H and O–H groups in total. The van der Waals surface area contributed by atoms with Crippen molar-refractivity contribution >= 4 is 35.1 Å². The molecule has 0 saturated carbocycles. The predicted octanol–water partition coefficient (Wildman–Crippen LogP) is 4.08. The van der Waals surface area contributed by atoms with Crippen molar-refractivity contribution in [1.29, 1.82) is 0 Å². The van der Waals surface area contributed by atoms with Crippen molar-refractivity contribution in [3.05, 3.63) is 29.8 Å². The van der Waals surface area contributed by atoms with Crippen LogP contribution in [0.3, 0.4) is 0 Å². The molecule has 2 rings (SSSR count). The summed E-state index contributed by atoms with van der Waals surface area (Å²) in [7, 11) is -10.4. The molecule has 0 amide bonds. The van der Waals surface area contributed by atoms with Crippen LogP contribution in [0.5, 0.6) is 0 Å². The third-order valence-electron chi connectivity index (χ3n) is 4.78. The number of benzene rings is 1. The largest absolute Gasteiger partial charge is 0.409 e. The number of aliphatic hydroxyl groups excluding tert-OH is 1. The molecule has 5 unspecified atom stereocenters. The van der Waals surface area contributed by atoms with Crippen molar-refractivity contribution in [2.75, 3.05) is 6.61 Å². The van der Waals surface area contributed by atoms with Crippen LogP contribution in [0.25, 0.3) is 0 Å². The average Bonchev–Trinajstić information content (AvgIpc) is 2.63. The molecule has 1 saturated heterocycles. The van der Waals surface area contributed by atoms with Crippen LogP contribution in [-0.4, -0.2) is 75.8 Å². The second-order valence-electron chi connectivity index (χ2n) is 11.7. The van der Waals surface area contributed by atoms with Crippen molar-refractivity contribution in [3.63, 3.8) is 0 Å². The molecule has 34 heavy (non-hydrogen) atoms. The first-order chi connectivity index (χ1) is 15.3. The summed E-state index contributed by atoms with van der Waals surface area (Å²) in [4.78, 5) is 0.0620. The van der Waals surface area contributed by atoms with Crippen molar-refractivity contribution in [3.8, 4) is 0 Å². The molecule has 0 aliphatic carbocycles. The fourth-order valence-corrected chi connectivity index (χ4v) is 7.76. The van der Waals surface area contributed by atoms with E-state index >= 15 is 0 Å². The van der Waals surface area contributed by atoms with E-state index in [9.17, 15) is 13.5 Å². The van der Waals surface area contributed by atoms with Gasteiger partial charge in [-0.3, -0.25) is 4.18 Å². The quantitative estimate of drug-likeness (QED) is 0.344. The van der Waals surface area contributed by atoms with Crippen molar-refractivity contribution in [1.82, 2.24) is 0 Å². The van der Waals surface area contributed by atoms with Gasteiger partial charge in [-0.2, -0.15) is 8.42 Å². The minimum absolute atomic E-state index is 0.0620. The third kappa shape index (κ3) is 9.23.